The molecule has 0 spiro atoms. The molecule has 1 aliphatic carbocycles. The van der Waals surface area contributed by atoms with E-state index in [1.807, 2.05) is 6.07 Å². The topological polar surface area (TPSA) is 0 Å². The van der Waals surface area contributed by atoms with Crippen LogP contribution in [0.15, 0.2) is 60.7 Å². The summed E-state index contributed by atoms with van der Waals surface area (Å²) in [6, 6.07) is 19.1. The molecule has 0 bridgehead atoms. The Morgan fingerprint density at radius 2 is 1.24 bits per heavy atom. The maximum atomic E-state index is 14.8. The van der Waals surface area contributed by atoms with Crippen molar-refractivity contribution in [2.24, 2.45) is 11.8 Å². The maximum absolute atomic E-state index is 14.8. The first-order chi connectivity index (χ1) is 18.0. The first-order valence-corrected chi connectivity index (χ1v) is 14.7. The van der Waals surface area contributed by atoms with E-state index >= 15 is 0 Å². The van der Waals surface area contributed by atoms with Gasteiger partial charge in [0.25, 0.3) is 0 Å². The molecule has 0 nitrogen and oxygen atoms in total. The fraction of sp³-hybridized carbons (Fsp3) is 0.471. The number of halogens is 3. The van der Waals surface area contributed by atoms with Crippen molar-refractivity contribution < 1.29 is 8.78 Å². The second kappa shape index (κ2) is 14.1. The van der Waals surface area contributed by atoms with Crippen molar-refractivity contribution in [1.29, 1.82) is 0 Å². The zero-order chi connectivity index (χ0) is 26.0. The van der Waals surface area contributed by atoms with Gasteiger partial charge in [0.2, 0.25) is 0 Å². The van der Waals surface area contributed by atoms with E-state index in [4.69, 9.17) is 11.6 Å². The minimum atomic E-state index is -0.524. The van der Waals surface area contributed by atoms with Crippen molar-refractivity contribution in [3.63, 3.8) is 0 Å². The summed E-state index contributed by atoms with van der Waals surface area (Å²) in [6.07, 6.45) is 16.2. The van der Waals surface area contributed by atoms with Gasteiger partial charge in [0.1, 0.15) is 11.6 Å². The van der Waals surface area contributed by atoms with E-state index in [0.29, 0.717) is 11.1 Å². The molecule has 0 N–H and O–H groups in total. The van der Waals surface area contributed by atoms with Crippen molar-refractivity contribution in [3.05, 3.63) is 94.0 Å². The Hall–Kier alpha value is -2.19. The molecule has 0 saturated heterocycles. The molecular formula is C34H41ClF2. The van der Waals surface area contributed by atoms with Gasteiger partial charge in [-0.15, -0.1) is 0 Å². The molecule has 0 amide bonds. The minimum absolute atomic E-state index is 0.0534. The highest BCUT2D eigenvalue weighted by Crippen LogP contribution is 2.34. The highest BCUT2D eigenvalue weighted by atomic mass is 35.5. The van der Waals surface area contributed by atoms with E-state index in [1.54, 1.807) is 18.2 Å². The van der Waals surface area contributed by atoms with Gasteiger partial charge in [0.15, 0.2) is 0 Å². The van der Waals surface area contributed by atoms with Gasteiger partial charge in [0, 0.05) is 5.56 Å². The molecule has 37 heavy (non-hydrogen) atoms. The molecule has 0 aromatic heterocycles. The predicted molar refractivity (Wildman–Crippen MR) is 153 cm³/mol. The van der Waals surface area contributed by atoms with E-state index in [2.05, 4.69) is 31.2 Å². The molecule has 198 valence electrons. The maximum Gasteiger partial charge on any atom is 0.142 e. The number of hydrogen-bond acceptors (Lipinski definition) is 0. The molecule has 1 saturated carbocycles. The number of unbranched alkanes of at least 4 members (excludes halogenated alkanes) is 3. The van der Waals surface area contributed by atoms with Crippen molar-refractivity contribution in [1.82, 2.24) is 0 Å². The lowest BCUT2D eigenvalue weighted by Gasteiger charge is -2.28. The van der Waals surface area contributed by atoms with Gasteiger partial charge in [-0.2, -0.15) is 0 Å². The van der Waals surface area contributed by atoms with Gasteiger partial charge in [-0.05, 0) is 90.8 Å². The van der Waals surface area contributed by atoms with Crippen molar-refractivity contribution in [3.8, 4) is 11.1 Å². The summed E-state index contributed by atoms with van der Waals surface area (Å²) in [4.78, 5) is 0. The number of rotatable bonds is 12. The van der Waals surface area contributed by atoms with Crippen LogP contribution in [0.25, 0.3) is 11.1 Å². The molecule has 0 heterocycles. The lowest BCUT2D eigenvalue weighted by atomic mass is 9.77. The highest BCUT2D eigenvalue weighted by molar-refractivity contribution is 6.30. The van der Waals surface area contributed by atoms with E-state index in [0.717, 1.165) is 30.2 Å². The molecule has 1 fully saturated rings. The first kappa shape index (κ1) is 27.8. The number of hydrogen-bond donors (Lipinski definition) is 0. The average molecular weight is 523 g/mol. The Balaban J connectivity index is 1.17. The molecule has 3 aromatic carbocycles. The van der Waals surface area contributed by atoms with Gasteiger partial charge in [0.05, 0.1) is 5.02 Å². The summed E-state index contributed by atoms with van der Waals surface area (Å²) in [6.45, 7) is 2.26. The Bertz CT molecular complexity index is 1110. The number of benzene rings is 3. The third-order valence-corrected chi connectivity index (χ3v) is 8.56. The molecule has 0 unspecified atom stereocenters. The molecule has 3 aromatic rings. The SMILES string of the molecule is CCCCCCc1ccc(CC[C@H]2CC[C@H](CCc3ccc(-c4ccc(Cl)c(F)c4)c(F)c3)CC2)cc1. The summed E-state index contributed by atoms with van der Waals surface area (Å²) in [7, 11) is 0. The van der Waals surface area contributed by atoms with Gasteiger partial charge in [-0.25, -0.2) is 8.78 Å². The second-order valence-corrected chi connectivity index (χ2v) is 11.4. The monoisotopic (exact) mass is 522 g/mol. The lowest BCUT2D eigenvalue weighted by molar-refractivity contribution is 0.253. The normalized spacial score (nSPS) is 17.7. The third kappa shape index (κ3) is 8.40. The smallest absolute Gasteiger partial charge is 0.142 e. The zero-order valence-electron chi connectivity index (χ0n) is 22.3. The Labute approximate surface area is 227 Å². The molecule has 0 radical (unpaired) electrons. The van der Waals surface area contributed by atoms with Crippen LogP contribution in [0.1, 0.15) is 87.8 Å². The van der Waals surface area contributed by atoms with Gasteiger partial charge in [-0.1, -0.05) is 106 Å². The van der Waals surface area contributed by atoms with E-state index in [1.165, 1.54) is 93.9 Å². The van der Waals surface area contributed by atoms with E-state index in [-0.39, 0.29) is 10.8 Å². The number of aryl methyl sites for hydroxylation is 3. The highest BCUT2D eigenvalue weighted by Gasteiger charge is 2.21. The average Bonchev–Trinajstić information content (AvgIpc) is 2.92. The summed E-state index contributed by atoms with van der Waals surface area (Å²) < 4.78 is 28.5. The van der Waals surface area contributed by atoms with E-state index < -0.39 is 5.82 Å². The molecule has 3 heteroatoms. The Morgan fingerprint density at radius 3 is 1.84 bits per heavy atom. The third-order valence-electron chi connectivity index (χ3n) is 8.25. The minimum Gasteiger partial charge on any atom is -0.206 e. The lowest BCUT2D eigenvalue weighted by Crippen LogP contribution is -2.15. The van der Waals surface area contributed by atoms with Crippen LogP contribution in [0.5, 0.6) is 0 Å². The molecule has 0 aliphatic heterocycles. The first-order valence-electron chi connectivity index (χ1n) is 14.3. The van der Waals surface area contributed by atoms with Crippen molar-refractivity contribution >= 4 is 11.6 Å². The zero-order valence-corrected chi connectivity index (χ0v) is 23.0. The van der Waals surface area contributed by atoms with Crippen LogP contribution in [0.3, 0.4) is 0 Å². The summed E-state index contributed by atoms with van der Waals surface area (Å²) in [5.74, 6) is 0.745. The van der Waals surface area contributed by atoms with Crippen LogP contribution in [-0.4, -0.2) is 0 Å². The summed E-state index contributed by atoms with van der Waals surface area (Å²) >= 11 is 5.76. The van der Waals surface area contributed by atoms with Crippen LogP contribution >= 0.6 is 11.6 Å². The fourth-order valence-electron chi connectivity index (χ4n) is 5.79. The standard InChI is InChI=1S/C34H41ClF2/c1-2-3-4-5-6-25-7-9-26(10-8-25)11-12-27-13-15-28(16-14-27)17-18-29-19-21-31(33(36)23-29)30-20-22-32(35)34(37)24-30/h7-10,19-24,27-28H,2-6,11-18H2,1H3/t27-,28-. The van der Waals surface area contributed by atoms with Crippen LogP contribution < -0.4 is 0 Å². The molecule has 1 aliphatic rings. The van der Waals surface area contributed by atoms with Crippen LogP contribution in [-0.2, 0) is 19.3 Å². The second-order valence-electron chi connectivity index (χ2n) is 11.0. The quantitative estimate of drug-likeness (QED) is 0.207. The van der Waals surface area contributed by atoms with E-state index in [9.17, 15) is 8.78 Å². The molecular weight excluding hydrogens is 482 g/mol. The predicted octanol–water partition coefficient (Wildman–Crippen LogP) is 10.8. The fourth-order valence-corrected chi connectivity index (χ4v) is 5.91. The molecule has 4 rings (SSSR count). The Kier molecular flexibility index (Phi) is 10.6. The van der Waals surface area contributed by atoms with Gasteiger partial charge < -0.3 is 0 Å². The Morgan fingerprint density at radius 1 is 0.649 bits per heavy atom. The van der Waals surface area contributed by atoms with Crippen molar-refractivity contribution in [2.75, 3.05) is 0 Å². The largest absolute Gasteiger partial charge is 0.206 e. The van der Waals surface area contributed by atoms with Crippen molar-refractivity contribution in [2.45, 2.75) is 90.4 Å². The molecule has 0 atom stereocenters. The van der Waals surface area contributed by atoms with Crippen LogP contribution in [0.2, 0.25) is 5.02 Å². The van der Waals surface area contributed by atoms with Gasteiger partial charge in [-0.3, -0.25) is 0 Å². The van der Waals surface area contributed by atoms with Crippen LogP contribution in [0.4, 0.5) is 8.78 Å². The van der Waals surface area contributed by atoms with Gasteiger partial charge >= 0.3 is 0 Å². The summed E-state index contributed by atoms with van der Waals surface area (Å²) in [5.41, 5.74) is 4.91. The summed E-state index contributed by atoms with van der Waals surface area (Å²) in [5, 5.41) is 0.0534. The van der Waals surface area contributed by atoms with Crippen LogP contribution in [0, 0.1) is 23.5 Å².